The van der Waals surface area contributed by atoms with E-state index in [-0.39, 0.29) is 16.1 Å². The van der Waals surface area contributed by atoms with Crippen LogP contribution in [0.5, 0.6) is 0 Å². The molecule has 0 heterocycles. The molecule has 1 atom stereocenters. The highest BCUT2D eigenvalue weighted by Crippen LogP contribution is 2.19. The Morgan fingerprint density at radius 2 is 1.64 bits per heavy atom. The number of nitrogens with one attached hydrogen (secondary N) is 1. The summed E-state index contributed by atoms with van der Waals surface area (Å²) in [5.74, 6) is -1.33. The van der Waals surface area contributed by atoms with Crippen LogP contribution in [0.2, 0.25) is 0 Å². The van der Waals surface area contributed by atoms with Crippen molar-refractivity contribution in [3.63, 3.8) is 0 Å². The molecule has 0 amide bonds. The molecule has 22 heavy (non-hydrogen) atoms. The van der Waals surface area contributed by atoms with Crippen molar-refractivity contribution in [1.82, 2.24) is 0 Å². The summed E-state index contributed by atoms with van der Waals surface area (Å²) < 4.78 is 26.7. The van der Waals surface area contributed by atoms with Crippen molar-refractivity contribution in [3.05, 3.63) is 59.7 Å². The number of carbonyl (C=O) groups is 1. The molecular weight excluding hydrogens is 306 g/mol. The molecule has 2 aromatic carbocycles. The maximum absolute atomic E-state index is 12.2. The summed E-state index contributed by atoms with van der Waals surface area (Å²) in [6.07, 6.45) is -0.679. The zero-order valence-corrected chi connectivity index (χ0v) is 12.5. The topological polar surface area (TPSA) is 107 Å². The van der Waals surface area contributed by atoms with E-state index in [1.165, 1.54) is 48.5 Å². The van der Waals surface area contributed by atoms with Gasteiger partial charge in [0.1, 0.15) is 0 Å². The molecule has 0 aliphatic rings. The number of carbonyl (C=O) groups excluding carboxylic acids is 1. The predicted molar refractivity (Wildman–Crippen MR) is 78.7 cm³/mol. The molecular formula is C15H14NO5S-. The second kappa shape index (κ2) is 6.17. The maximum Gasteiger partial charge on any atom is 0.261 e. The van der Waals surface area contributed by atoms with Gasteiger partial charge in [0.15, 0.2) is 0 Å². The van der Waals surface area contributed by atoms with E-state index in [4.69, 9.17) is 0 Å². The number of hydrogen-bond donors (Lipinski definition) is 2. The molecule has 0 radical (unpaired) electrons. The van der Waals surface area contributed by atoms with Gasteiger partial charge in [-0.1, -0.05) is 24.3 Å². The van der Waals surface area contributed by atoms with Gasteiger partial charge in [-0.05, 0) is 42.3 Å². The largest absolute Gasteiger partial charge is 0.545 e. The number of aliphatic hydroxyl groups is 1. The van der Waals surface area contributed by atoms with Crippen LogP contribution in [0.3, 0.4) is 0 Å². The Hall–Kier alpha value is -2.38. The Balaban J connectivity index is 2.21. The average Bonchev–Trinajstić information content (AvgIpc) is 2.47. The van der Waals surface area contributed by atoms with E-state index in [9.17, 15) is 23.4 Å². The minimum atomic E-state index is -3.78. The van der Waals surface area contributed by atoms with Gasteiger partial charge in [-0.15, -0.1) is 0 Å². The normalized spacial score (nSPS) is 12.6. The molecule has 0 aliphatic heterocycles. The fourth-order valence-electron chi connectivity index (χ4n) is 1.81. The minimum Gasteiger partial charge on any atom is -0.545 e. The summed E-state index contributed by atoms with van der Waals surface area (Å²) in [5.41, 5.74) is 0.811. The molecule has 6 nitrogen and oxygen atoms in total. The van der Waals surface area contributed by atoms with Crippen LogP contribution in [0.4, 0.5) is 5.69 Å². The molecule has 0 spiro atoms. The lowest BCUT2D eigenvalue weighted by Crippen LogP contribution is -2.22. The molecule has 0 aliphatic carbocycles. The monoisotopic (exact) mass is 320 g/mol. The van der Waals surface area contributed by atoms with E-state index < -0.39 is 22.1 Å². The van der Waals surface area contributed by atoms with E-state index in [2.05, 4.69) is 4.72 Å². The fourth-order valence-corrected chi connectivity index (χ4v) is 2.87. The Kier molecular flexibility index (Phi) is 4.48. The van der Waals surface area contributed by atoms with Crippen molar-refractivity contribution < 1.29 is 23.4 Å². The first-order valence-electron chi connectivity index (χ1n) is 6.42. The van der Waals surface area contributed by atoms with E-state index in [0.29, 0.717) is 5.56 Å². The zero-order valence-electron chi connectivity index (χ0n) is 11.7. The van der Waals surface area contributed by atoms with Gasteiger partial charge in [0.25, 0.3) is 10.0 Å². The smallest absolute Gasteiger partial charge is 0.261 e. The van der Waals surface area contributed by atoms with Crippen LogP contribution in [0, 0.1) is 0 Å². The molecule has 116 valence electrons. The molecule has 2 aromatic rings. The number of benzene rings is 2. The molecule has 0 saturated heterocycles. The molecule has 0 fully saturated rings. The molecule has 2 rings (SSSR count). The van der Waals surface area contributed by atoms with Crippen molar-refractivity contribution in [3.8, 4) is 0 Å². The van der Waals surface area contributed by atoms with Gasteiger partial charge in [-0.25, -0.2) is 8.42 Å². The predicted octanol–water partition coefficient (Wildman–Crippen LogP) is 0.904. The number of rotatable bonds is 5. The summed E-state index contributed by atoms with van der Waals surface area (Å²) in [5, 5.41) is 20.0. The van der Waals surface area contributed by atoms with Crippen LogP contribution in [-0.4, -0.2) is 19.5 Å². The van der Waals surface area contributed by atoms with Gasteiger partial charge < -0.3 is 15.0 Å². The summed E-state index contributed by atoms with van der Waals surface area (Å²) in [4.78, 5) is 10.7. The van der Waals surface area contributed by atoms with Gasteiger partial charge >= 0.3 is 0 Å². The summed E-state index contributed by atoms with van der Waals surface area (Å²) in [6.45, 7) is 1.58. The van der Waals surface area contributed by atoms with Crippen LogP contribution < -0.4 is 9.83 Å². The molecule has 0 bridgehead atoms. The van der Waals surface area contributed by atoms with E-state index in [1.54, 1.807) is 6.92 Å². The Morgan fingerprint density at radius 3 is 2.09 bits per heavy atom. The molecule has 2 N–H and O–H groups in total. The highest BCUT2D eigenvalue weighted by atomic mass is 32.2. The van der Waals surface area contributed by atoms with Gasteiger partial charge in [0.05, 0.1) is 17.0 Å². The van der Waals surface area contributed by atoms with Gasteiger partial charge in [-0.2, -0.15) is 0 Å². The van der Waals surface area contributed by atoms with Crippen molar-refractivity contribution in [2.24, 2.45) is 0 Å². The number of hydrogen-bond acceptors (Lipinski definition) is 5. The summed E-state index contributed by atoms with van der Waals surface area (Å²) in [7, 11) is -3.78. The quantitative estimate of drug-likeness (QED) is 0.851. The maximum atomic E-state index is 12.2. The lowest BCUT2D eigenvalue weighted by atomic mass is 10.1. The van der Waals surface area contributed by atoms with E-state index in [1.807, 2.05) is 0 Å². The van der Waals surface area contributed by atoms with Gasteiger partial charge in [0.2, 0.25) is 0 Å². The Labute approximate surface area is 128 Å². The molecule has 0 aromatic heterocycles. The number of carboxylic acid groups (broad SMARTS) is 1. The second-order valence-corrected chi connectivity index (χ2v) is 6.40. The first kappa shape index (κ1) is 16.0. The lowest BCUT2D eigenvalue weighted by molar-refractivity contribution is -0.255. The molecule has 7 heteroatoms. The van der Waals surface area contributed by atoms with E-state index in [0.717, 1.165) is 0 Å². The minimum absolute atomic E-state index is 0.0377. The Bertz CT molecular complexity index is 765. The van der Waals surface area contributed by atoms with Gasteiger partial charge in [-0.3, -0.25) is 4.72 Å². The summed E-state index contributed by atoms with van der Waals surface area (Å²) in [6, 6.07) is 11.0. The second-order valence-electron chi connectivity index (χ2n) is 4.72. The van der Waals surface area contributed by atoms with Crippen molar-refractivity contribution in [2.75, 3.05) is 4.72 Å². The van der Waals surface area contributed by atoms with Crippen molar-refractivity contribution >= 4 is 21.7 Å². The fraction of sp³-hybridized carbons (Fsp3) is 0.133. The van der Waals surface area contributed by atoms with Gasteiger partial charge in [0, 0.05) is 5.69 Å². The third kappa shape index (κ3) is 3.63. The van der Waals surface area contributed by atoms with E-state index >= 15 is 0 Å². The van der Waals surface area contributed by atoms with Crippen molar-refractivity contribution in [1.29, 1.82) is 0 Å². The number of aromatic carboxylic acids is 1. The van der Waals surface area contributed by atoms with Crippen LogP contribution in [0.15, 0.2) is 53.4 Å². The standard InChI is InChI=1S/C15H15NO5S/c1-10(17)11-4-8-14(9-5-11)22(20,21)16-13-6-2-12(3-7-13)15(18)19/h2-10,16-17H,1H3,(H,18,19)/p-1/t10-/m0/s1. The van der Waals surface area contributed by atoms with Crippen LogP contribution in [0.25, 0.3) is 0 Å². The first-order chi connectivity index (χ1) is 10.3. The number of sulfonamides is 1. The number of anilines is 1. The lowest BCUT2D eigenvalue weighted by Gasteiger charge is -2.10. The number of carboxylic acids is 1. The van der Waals surface area contributed by atoms with Crippen LogP contribution in [0.1, 0.15) is 28.9 Å². The molecule has 0 saturated carbocycles. The third-order valence-corrected chi connectivity index (χ3v) is 4.44. The van der Waals surface area contributed by atoms with Crippen LogP contribution in [-0.2, 0) is 10.0 Å². The average molecular weight is 320 g/mol. The zero-order chi connectivity index (χ0) is 16.3. The number of aliphatic hydroxyl groups excluding tert-OH is 1. The highest BCUT2D eigenvalue weighted by Gasteiger charge is 2.14. The summed E-state index contributed by atoms with van der Waals surface area (Å²) >= 11 is 0. The van der Waals surface area contributed by atoms with Crippen LogP contribution >= 0.6 is 0 Å². The molecule has 0 unspecified atom stereocenters. The Morgan fingerprint density at radius 1 is 1.09 bits per heavy atom. The SMILES string of the molecule is C[C@H](O)c1ccc(S(=O)(=O)Nc2ccc(C(=O)[O-])cc2)cc1. The third-order valence-electron chi connectivity index (χ3n) is 3.05. The first-order valence-corrected chi connectivity index (χ1v) is 7.90. The highest BCUT2D eigenvalue weighted by molar-refractivity contribution is 7.92. The van der Waals surface area contributed by atoms with Crippen molar-refractivity contribution in [2.45, 2.75) is 17.9 Å².